The fourth-order valence-electron chi connectivity index (χ4n) is 1.44. The van der Waals surface area contributed by atoms with Crippen LogP contribution in [0.25, 0.3) is 0 Å². The maximum Gasteiger partial charge on any atom is 0.248 e. The highest BCUT2D eigenvalue weighted by molar-refractivity contribution is 6.69. The molecule has 1 aliphatic heterocycles. The Kier molecular flexibility index (Phi) is 2.08. The van der Waals surface area contributed by atoms with Crippen molar-refractivity contribution in [2.75, 3.05) is 0 Å². The third-order valence-corrected chi connectivity index (χ3v) is 2.41. The van der Waals surface area contributed by atoms with E-state index in [4.69, 9.17) is 16.3 Å². The monoisotopic (exact) mass is 231 g/mol. The van der Waals surface area contributed by atoms with Crippen molar-refractivity contribution in [3.8, 4) is 11.6 Å². The molecule has 2 heterocycles. The lowest BCUT2D eigenvalue weighted by molar-refractivity contribution is 0.462. The van der Waals surface area contributed by atoms with Gasteiger partial charge >= 0.3 is 0 Å². The van der Waals surface area contributed by atoms with Crippen molar-refractivity contribution in [2.45, 2.75) is 0 Å². The smallest absolute Gasteiger partial charge is 0.248 e. The minimum atomic E-state index is 0.285. The molecule has 16 heavy (non-hydrogen) atoms. The lowest BCUT2D eigenvalue weighted by Crippen LogP contribution is -1.98. The molecule has 0 spiro atoms. The molecule has 4 nitrogen and oxygen atoms in total. The highest BCUT2D eigenvalue weighted by atomic mass is 35.5. The van der Waals surface area contributed by atoms with Crippen molar-refractivity contribution < 1.29 is 4.74 Å². The molecule has 3 rings (SSSR count). The zero-order valence-corrected chi connectivity index (χ0v) is 8.85. The molecular formula is C11H6ClN3O. The molecule has 1 aromatic heterocycles. The minimum Gasteiger partial charge on any atom is -0.435 e. The Morgan fingerprint density at radius 1 is 1.06 bits per heavy atom. The number of para-hydroxylation sites is 2. The van der Waals surface area contributed by atoms with E-state index in [9.17, 15) is 0 Å². The first-order valence-electron chi connectivity index (χ1n) is 4.67. The lowest BCUT2D eigenvalue weighted by atomic mass is 10.3. The van der Waals surface area contributed by atoms with E-state index in [1.807, 2.05) is 24.3 Å². The normalized spacial score (nSPS) is 12.9. The van der Waals surface area contributed by atoms with Gasteiger partial charge in [-0.15, -0.1) is 0 Å². The molecule has 0 aliphatic carbocycles. The van der Waals surface area contributed by atoms with Gasteiger partial charge in [0.25, 0.3) is 0 Å². The van der Waals surface area contributed by atoms with Crippen molar-refractivity contribution in [3.63, 3.8) is 0 Å². The molecule has 1 aliphatic rings. The molecule has 1 aromatic carbocycles. The zero-order valence-electron chi connectivity index (χ0n) is 8.09. The second kappa shape index (κ2) is 3.57. The van der Waals surface area contributed by atoms with Crippen molar-refractivity contribution in [3.05, 3.63) is 42.4 Å². The van der Waals surface area contributed by atoms with Gasteiger partial charge in [0.1, 0.15) is 5.69 Å². The largest absolute Gasteiger partial charge is 0.435 e. The number of aromatic nitrogens is 2. The van der Waals surface area contributed by atoms with Crippen LogP contribution < -0.4 is 4.74 Å². The highest BCUT2D eigenvalue weighted by Gasteiger charge is 2.18. The van der Waals surface area contributed by atoms with Gasteiger partial charge in [-0.3, -0.25) is 0 Å². The second-order valence-electron chi connectivity index (χ2n) is 3.18. The van der Waals surface area contributed by atoms with Gasteiger partial charge in [0.05, 0.1) is 0 Å². The molecular weight excluding hydrogens is 226 g/mol. The van der Waals surface area contributed by atoms with Crippen LogP contribution in [-0.2, 0) is 0 Å². The topological polar surface area (TPSA) is 47.4 Å². The molecule has 5 heteroatoms. The number of nitrogens with zero attached hydrogens (tertiary/aromatic N) is 3. The number of hydrogen-bond donors (Lipinski definition) is 0. The zero-order chi connectivity index (χ0) is 11.0. The Bertz CT molecular complexity index is 583. The molecule has 78 valence electrons. The summed E-state index contributed by atoms with van der Waals surface area (Å²) in [5.41, 5.74) is 1.13. The molecule has 0 bridgehead atoms. The first kappa shape index (κ1) is 9.30. The quantitative estimate of drug-likeness (QED) is 0.700. The summed E-state index contributed by atoms with van der Waals surface area (Å²) in [5.74, 6) is 1.00. The first-order valence-corrected chi connectivity index (χ1v) is 5.05. The van der Waals surface area contributed by atoms with Crippen LogP contribution in [0.2, 0.25) is 0 Å². The van der Waals surface area contributed by atoms with E-state index < -0.39 is 0 Å². The number of fused-ring (bicyclic) bond motifs is 2. The number of aliphatic imine (C=N–C) groups is 1. The Morgan fingerprint density at radius 2 is 1.88 bits per heavy atom. The number of benzene rings is 1. The van der Waals surface area contributed by atoms with Gasteiger partial charge in [0.2, 0.25) is 5.88 Å². The molecule has 0 radical (unpaired) electrons. The molecule has 0 unspecified atom stereocenters. The van der Waals surface area contributed by atoms with Gasteiger partial charge in [-0.2, -0.15) is 0 Å². The average molecular weight is 232 g/mol. The minimum absolute atomic E-state index is 0.285. The second-order valence-corrected chi connectivity index (χ2v) is 3.54. The van der Waals surface area contributed by atoms with E-state index in [1.54, 1.807) is 12.4 Å². The number of ether oxygens (including phenoxy) is 1. The molecule has 0 saturated heterocycles. The van der Waals surface area contributed by atoms with Crippen molar-refractivity contribution in [1.82, 2.24) is 9.97 Å². The van der Waals surface area contributed by atoms with E-state index in [2.05, 4.69) is 15.0 Å². The first-order chi connectivity index (χ1) is 7.84. The summed E-state index contributed by atoms with van der Waals surface area (Å²) in [7, 11) is 0. The van der Waals surface area contributed by atoms with Gasteiger partial charge in [-0.1, -0.05) is 23.7 Å². The molecule has 2 aromatic rings. The molecule has 0 saturated carbocycles. The fraction of sp³-hybridized carbons (Fsp3) is 0. The summed E-state index contributed by atoms with van der Waals surface area (Å²) >= 11 is 6.05. The maximum atomic E-state index is 6.05. The standard InChI is InChI=1S/C11H6ClN3O/c12-10-9-11(14-6-5-13-9)16-8-4-2-1-3-7(8)15-10/h1-6H. The van der Waals surface area contributed by atoms with Crippen molar-refractivity contribution in [2.24, 2.45) is 4.99 Å². The van der Waals surface area contributed by atoms with Crippen molar-refractivity contribution >= 4 is 22.5 Å². The van der Waals surface area contributed by atoms with Crippen LogP contribution in [-0.4, -0.2) is 15.1 Å². The summed E-state index contributed by atoms with van der Waals surface area (Å²) in [6.45, 7) is 0. The van der Waals surface area contributed by atoms with Crippen LogP contribution in [0.3, 0.4) is 0 Å². The lowest BCUT2D eigenvalue weighted by Gasteiger charge is -2.04. The SMILES string of the molecule is ClC1=Nc2ccccc2Oc2nccnc21. The van der Waals surface area contributed by atoms with Gasteiger partial charge in [-0.05, 0) is 12.1 Å². The highest BCUT2D eigenvalue weighted by Crippen LogP contribution is 2.35. The fourth-order valence-corrected chi connectivity index (χ4v) is 1.66. The van der Waals surface area contributed by atoms with Crippen LogP contribution in [0.15, 0.2) is 41.7 Å². The average Bonchev–Trinajstić information content (AvgIpc) is 2.45. The number of hydrogen-bond acceptors (Lipinski definition) is 4. The number of halogens is 1. The molecule has 0 atom stereocenters. The van der Waals surface area contributed by atoms with Crippen molar-refractivity contribution in [1.29, 1.82) is 0 Å². The van der Waals surface area contributed by atoms with E-state index in [0.717, 1.165) is 0 Å². The summed E-state index contributed by atoms with van der Waals surface area (Å²) in [5, 5.41) is 0.285. The summed E-state index contributed by atoms with van der Waals surface area (Å²) in [4.78, 5) is 12.4. The van der Waals surface area contributed by atoms with E-state index in [1.165, 1.54) is 0 Å². The van der Waals surface area contributed by atoms with Gasteiger partial charge < -0.3 is 4.74 Å². The van der Waals surface area contributed by atoms with E-state index in [0.29, 0.717) is 23.0 Å². The summed E-state index contributed by atoms with van der Waals surface area (Å²) in [6.07, 6.45) is 3.10. The van der Waals surface area contributed by atoms with Crippen LogP contribution in [0.1, 0.15) is 5.69 Å². The van der Waals surface area contributed by atoms with Crippen LogP contribution >= 0.6 is 11.6 Å². The third-order valence-electron chi connectivity index (χ3n) is 2.15. The van der Waals surface area contributed by atoms with E-state index >= 15 is 0 Å². The summed E-state index contributed by atoms with van der Waals surface area (Å²) < 4.78 is 5.60. The predicted octanol–water partition coefficient (Wildman–Crippen LogP) is 2.90. The van der Waals surface area contributed by atoms with Gasteiger partial charge in [-0.25, -0.2) is 15.0 Å². The Labute approximate surface area is 96.6 Å². The van der Waals surface area contributed by atoms with Gasteiger partial charge in [0, 0.05) is 12.4 Å². The van der Waals surface area contributed by atoms with Crippen LogP contribution in [0.4, 0.5) is 5.69 Å². The molecule has 0 amide bonds. The van der Waals surface area contributed by atoms with E-state index in [-0.39, 0.29) is 5.17 Å². The Morgan fingerprint density at radius 3 is 2.81 bits per heavy atom. The van der Waals surface area contributed by atoms with Crippen LogP contribution in [0, 0.1) is 0 Å². The summed E-state index contributed by atoms with van der Waals surface area (Å²) in [6, 6.07) is 7.37. The van der Waals surface area contributed by atoms with Gasteiger partial charge in [0.15, 0.2) is 16.6 Å². The maximum absolute atomic E-state index is 6.05. The van der Waals surface area contributed by atoms with Crippen LogP contribution in [0.5, 0.6) is 11.6 Å². The Hall–Kier alpha value is -1.94. The molecule has 0 fully saturated rings. The third kappa shape index (κ3) is 1.44. The Balaban J connectivity index is 2.25. The molecule has 0 N–H and O–H groups in total. The number of rotatable bonds is 0. The predicted molar refractivity (Wildman–Crippen MR) is 60.6 cm³/mol.